The standard InChI is InChI=1S/C13H25N3O4/c1-5-13(6-2,11(18)19)15-12(20)16(7-9(3)4)8-10(14)17/h9H,5-8H2,1-4H3,(H2,14,17)(H,15,20)(H,18,19). The highest BCUT2D eigenvalue weighted by Gasteiger charge is 2.37. The number of nitrogens with one attached hydrogen (secondary N) is 1. The van der Waals surface area contributed by atoms with Crippen molar-refractivity contribution >= 4 is 17.9 Å². The van der Waals surface area contributed by atoms with Crippen molar-refractivity contribution in [2.45, 2.75) is 46.1 Å². The van der Waals surface area contributed by atoms with Crippen LogP contribution >= 0.6 is 0 Å². The van der Waals surface area contributed by atoms with Crippen LogP contribution in [0.5, 0.6) is 0 Å². The minimum Gasteiger partial charge on any atom is -0.480 e. The molecule has 0 aliphatic carbocycles. The van der Waals surface area contributed by atoms with Crippen LogP contribution < -0.4 is 11.1 Å². The second-order valence-corrected chi connectivity index (χ2v) is 5.27. The molecule has 0 aromatic carbocycles. The zero-order chi connectivity index (χ0) is 15.9. The first kappa shape index (κ1) is 18.2. The predicted molar refractivity (Wildman–Crippen MR) is 75.1 cm³/mol. The Bertz CT molecular complexity index is 365. The van der Waals surface area contributed by atoms with Crippen molar-refractivity contribution in [3.8, 4) is 0 Å². The molecule has 0 heterocycles. The van der Waals surface area contributed by atoms with Crippen LogP contribution in [-0.2, 0) is 9.59 Å². The van der Waals surface area contributed by atoms with Gasteiger partial charge in [0.2, 0.25) is 5.91 Å². The molecule has 0 rings (SSSR count). The third-order valence-corrected chi connectivity index (χ3v) is 3.18. The molecule has 7 nitrogen and oxygen atoms in total. The fourth-order valence-electron chi connectivity index (χ4n) is 1.91. The van der Waals surface area contributed by atoms with Crippen molar-refractivity contribution in [3.63, 3.8) is 0 Å². The highest BCUT2D eigenvalue weighted by atomic mass is 16.4. The van der Waals surface area contributed by atoms with Gasteiger partial charge in [-0.1, -0.05) is 27.7 Å². The number of hydrogen-bond acceptors (Lipinski definition) is 3. The van der Waals surface area contributed by atoms with Crippen LogP contribution in [0.4, 0.5) is 4.79 Å². The van der Waals surface area contributed by atoms with Gasteiger partial charge in [-0.25, -0.2) is 9.59 Å². The normalized spacial score (nSPS) is 11.2. The van der Waals surface area contributed by atoms with Gasteiger partial charge in [-0.05, 0) is 18.8 Å². The summed E-state index contributed by atoms with van der Waals surface area (Å²) >= 11 is 0. The average molecular weight is 287 g/mol. The third-order valence-electron chi connectivity index (χ3n) is 3.18. The van der Waals surface area contributed by atoms with E-state index in [9.17, 15) is 19.5 Å². The summed E-state index contributed by atoms with van der Waals surface area (Å²) in [6.45, 7) is 7.28. The highest BCUT2D eigenvalue weighted by Crippen LogP contribution is 2.16. The SMILES string of the molecule is CCC(CC)(NC(=O)N(CC(N)=O)CC(C)C)C(=O)O. The predicted octanol–water partition coefficient (Wildman–Crippen LogP) is 0.783. The number of carbonyl (C=O) groups is 3. The maximum absolute atomic E-state index is 12.2. The Hall–Kier alpha value is -1.79. The molecule has 0 aromatic heterocycles. The van der Waals surface area contributed by atoms with Gasteiger partial charge in [-0.15, -0.1) is 0 Å². The molecule has 0 saturated carbocycles. The zero-order valence-electron chi connectivity index (χ0n) is 12.6. The topological polar surface area (TPSA) is 113 Å². The molecular weight excluding hydrogens is 262 g/mol. The van der Waals surface area contributed by atoms with Gasteiger partial charge in [0.15, 0.2) is 0 Å². The Balaban J connectivity index is 5.05. The molecule has 0 radical (unpaired) electrons. The van der Waals surface area contributed by atoms with Crippen LogP contribution in [-0.4, -0.2) is 46.5 Å². The van der Waals surface area contributed by atoms with E-state index in [1.165, 1.54) is 4.90 Å². The van der Waals surface area contributed by atoms with Crippen molar-refractivity contribution < 1.29 is 19.5 Å². The lowest BCUT2D eigenvalue weighted by Crippen LogP contribution is -2.58. The minimum absolute atomic E-state index is 0.141. The summed E-state index contributed by atoms with van der Waals surface area (Å²) in [5.74, 6) is -1.57. The second-order valence-electron chi connectivity index (χ2n) is 5.27. The fraction of sp³-hybridized carbons (Fsp3) is 0.769. The molecule has 0 aliphatic rings. The monoisotopic (exact) mass is 287 g/mol. The summed E-state index contributed by atoms with van der Waals surface area (Å²) in [4.78, 5) is 35.8. The Morgan fingerprint density at radius 3 is 2.05 bits per heavy atom. The average Bonchev–Trinajstić information content (AvgIpc) is 2.33. The Labute approximate surface area is 119 Å². The molecule has 7 heteroatoms. The number of carboxylic acid groups (broad SMARTS) is 1. The van der Waals surface area contributed by atoms with Gasteiger partial charge in [0.05, 0.1) is 0 Å². The fourth-order valence-corrected chi connectivity index (χ4v) is 1.91. The Morgan fingerprint density at radius 1 is 1.25 bits per heavy atom. The molecule has 0 fully saturated rings. The number of urea groups is 1. The minimum atomic E-state index is -1.32. The molecule has 0 bridgehead atoms. The summed E-state index contributed by atoms with van der Waals surface area (Å²) in [6.07, 6.45) is 0.521. The van der Waals surface area contributed by atoms with Crippen LogP contribution in [0.15, 0.2) is 0 Å². The summed E-state index contributed by atoms with van der Waals surface area (Å²) < 4.78 is 0. The summed E-state index contributed by atoms with van der Waals surface area (Å²) in [6, 6.07) is -0.580. The third kappa shape index (κ3) is 5.07. The molecule has 0 unspecified atom stereocenters. The number of nitrogens with zero attached hydrogens (tertiary/aromatic N) is 1. The smallest absolute Gasteiger partial charge is 0.329 e. The van der Waals surface area contributed by atoms with E-state index in [4.69, 9.17) is 5.73 Å². The summed E-state index contributed by atoms with van der Waals surface area (Å²) in [5, 5.41) is 11.8. The molecule has 4 N–H and O–H groups in total. The number of rotatable bonds is 8. The molecule has 3 amide bonds. The van der Waals surface area contributed by atoms with Crippen molar-refractivity contribution in [2.75, 3.05) is 13.1 Å². The van der Waals surface area contributed by atoms with Gasteiger partial charge in [0.25, 0.3) is 0 Å². The summed E-state index contributed by atoms with van der Waals surface area (Å²) in [5.41, 5.74) is 3.80. The van der Waals surface area contributed by atoms with E-state index in [2.05, 4.69) is 5.32 Å². The first-order valence-corrected chi connectivity index (χ1v) is 6.77. The van der Waals surface area contributed by atoms with Gasteiger partial charge < -0.3 is 21.1 Å². The van der Waals surface area contributed by atoms with Crippen molar-refractivity contribution in [3.05, 3.63) is 0 Å². The largest absolute Gasteiger partial charge is 0.480 e. The van der Waals surface area contributed by atoms with E-state index in [0.717, 1.165) is 0 Å². The van der Waals surface area contributed by atoms with Crippen LogP contribution in [0.1, 0.15) is 40.5 Å². The number of primary amides is 1. The molecule has 116 valence electrons. The van der Waals surface area contributed by atoms with Crippen LogP contribution in [0.25, 0.3) is 0 Å². The number of hydrogen-bond donors (Lipinski definition) is 3. The van der Waals surface area contributed by atoms with E-state index >= 15 is 0 Å². The lowest BCUT2D eigenvalue weighted by molar-refractivity contribution is -0.144. The van der Waals surface area contributed by atoms with E-state index < -0.39 is 23.4 Å². The molecule has 0 atom stereocenters. The molecule has 20 heavy (non-hydrogen) atoms. The van der Waals surface area contributed by atoms with Gasteiger partial charge in [-0.3, -0.25) is 4.79 Å². The quantitative estimate of drug-likeness (QED) is 0.612. The number of amides is 3. The second kappa shape index (κ2) is 7.72. The van der Waals surface area contributed by atoms with Crippen LogP contribution in [0.2, 0.25) is 0 Å². The van der Waals surface area contributed by atoms with E-state index in [-0.39, 0.29) is 25.3 Å². The van der Waals surface area contributed by atoms with Gasteiger partial charge in [-0.2, -0.15) is 0 Å². The zero-order valence-corrected chi connectivity index (χ0v) is 12.6. The van der Waals surface area contributed by atoms with Gasteiger partial charge >= 0.3 is 12.0 Å². The van der Waals surface area contributed by atoms with E-state index in [1.54, 1.807) is 13.8 Å². The van der Waals surface area contributed by atoms with Crippen molar-refractivity contribution in [2.24, 2.45) is 11.7 Å². The first-order valence-electron chi connectivity index (χ1n) is 6.77. The Morgan fingerprint density at radius 2 is 1.75 bits per heavy atom. The number of nitrogens with two attached hydrogens (primary N) is 1. The lowest BCUT2D eigenvalue weighted by atomic mass is 9.93. The summed E-state index contributed by atoms with van der Waals surface area (Å²) in [7, 11) is 0. The molecule has 0 aliphatic heterocycles. The molecule has 0 spiro atoms. The maximum Gasteiger partial charge on any atom is 0.329 e. The van der Waals surface area contributed by atoms with Gasteiger partial charge in [0, 0.05) is 6.54 Å². The first-order chi connectivity index (χ1) is 9.18. The van der Waals surface area contributed by atoms with E-state index in [1.807, 2.05) is 13.8 Å². The van der Waals surface area contributed by atoms with Gasteiger partial charge in [0.1, 0.15) is 12.1 Å². The molecular formula is C13H25N3O4. The van der Waals surface area contributed by atoms with E-state index in [0.29, 0.717) is 6.54 Å². The lowest BCUT2D eigenvalue weighted by Gasteiger charge is -2.32. The number of carboxylic acids is 1. The van der Waals surface area contributed by atoms with Crippen LogP contribution in [0, 0.1) is 5.92 Å². The number of aliphatic carboxylic acids is 1. The van der Waals surface area contributed by atoms with Crippen molar-refractivity contribution in [1.29, 1.82) is 0 Å². The molecule has 0 aromatic rings. The van der Waals surface area contributed by atoms with Crippen LogP contribution in [0.3, 0.4) is 0 Å². The number of carbonyl (C=O) groups excluding carboxylic acids is 2. The Kier molecular flexibility index (Phi) is 7.02. The van der Waals surface area contributed by atoms with Crippen molar-refractivity contribution in [1.82, 2.24) is 10.2 Å². The highest BCUT2D eigenvalue weighted by molar-refractivity contribution is 5.88. The molecule has 0 saturated heterocycles. The maximum atomic E-state index is 12.2.